The summed E-state index contributed by atoms with van der Waals surface area (Å²) in [4.78, 5) is 15.2. The quantitative estimate of drug-likeness (QED) is 0.560. The van der Waals surface area contributed by atoms with E-state index in [2.05, 4.69) is 17.8 Å². The molecule has 7 nitrogen and oxygen atoms in total. The molecule has 0 aromatic heterocycles. The molecule has 2 saturated heterocycles. The average Bonchev–Trinajstić information content (AvgIpc) is 3.28. The lowest BCUT2D eigenvalue weighted by atomic mass is 9.83. The number of hydrazine groups is 1. The Kier molecular flexibility index (Phi) is 5.83. The van der Waals surface area contributed by atoms with E-state index in [9.17, 15) is 15.0 Å². The van der Waals surface area contributed by atoms with E-state index >= 15 is 0 Å². The number of hydrogen-bond acceptors (Lipinski definition) is 6. The molecule has 4 unspecified atom stereocenters. The first kappa shape index (κ1) is 20.5. The summed E-state index contributed by atoms with van der Waals surface area (Å²) in [6.07, 6.45) is 1.90. The van der Waals surface area contributed by atoms with Crippen molar-refractivity contribution < 1.29 is 19.7 Å². The molecule has 0 saturated carbocycles. The van der Waals surface area contributed by atoms with Gasteiger partial charge in [0.05, 0.1) is 18.7 Å². The molecule has 0 spiro atoms. The van der Waals surface area contributed by atoms with E-state index in [0.717, 1.165) is 24.0 Å². The molecule has 0 bridgehead atoms. The molecule has 0 aliphatic carbocycles. The van der Waals surface area contributed by atoms with Gasteiger partial charge in [0.15, 0.2) is 11.5 Å². The summed E-state index contributed by atoms with van der Waals surface area (Å²) in [5.74, 6) is 0.633. The molecule has 4 rings (SSSR count). The Morgan fingerprint density at radius 2 is 1.80 bits per heavy atom. The highest BCUT2D eigenvalue weighted by Gasteiger charge is 2.55. The summed E-state index contributed by atoms with van der Waals surface area (Å²) in [5.41, 5.74) is 8.08. The second kappa shape index (κ2) is 8.53. The van der Waals surface area contributed by atoms with Crippen molar-refractivity contribution in [1.82, 2.24) is 15.8 Å². The Bertz CT molecular complexity index is 919. The number of fused-ring (bicyclic) bond motifs is 1. The maximum Gasteiger partial charge on any atom is 0.242 e. The maximum absolute atomic E-state index is 13.3. The zero-order valence-electron chi connectivity index (χ0n) is 17.3. The third-order valence-electron chi connectivity index (χ3n) is 6.06. The summed E-state index contributed by atoms with van der Waals surface area (Å²) >= 11 is 0. The molecule has 2 fully saturated rings. The van der Waals surface area contributed by atoms with Crippen molar-refractivity contribution in [3.63, 3.8) is 0 Å². The Balaban J connectivity index is 1.78. The molecule has 2 aliphatic rings. The smallest absolute Gasteiger partial charge is 0.242 e. The number of hydrogen-bond donors (Lipinski definition) is 4. The van der Waals surface area contributed by atoms with Crippen molar-refractivity contribution in [3.05, 3.63) is 53.6 Å². The molecular formula is C23H29N3O4. The molecule has 4 atom stereocenters. The lowest BCUT2D eigenvalue weighted by Crippen LogP contribution is -2.41. The number of para-hydroxylation sites is 1. The average molecular weight is 412 g/mol. The minimum Gasteiger partial charge on any atom is -0.508 e. The van der Waals surface area contributed by atoms with E-state index in [0.29, 0.717) is 18.9 Å². The standard InChI is InChI=1S/C23H29N3O4/c1-3-5-12-26-22(14-10-11-17(28)18(13-14)30-4-2)19-20(24-25-21(19)23(26)29)15-8-6-7-9-16(15)27/h6-11,13,19-22,24-25,27-28H,3-5,12H2,1-2H3. The topological polar surface area (TPSA) is 94.1 Å². The minimum absolute atomic E-state index is 0.0508. The van der Waals surface area contributed by atoms with Gasteiger partial charge in [0.2, 0.25) is 5.91 Å². The molecule has 7 heteroatoms. The number of ether oxygens (including phenoxy) is 1. The number of amides is 1. The normalized spacial score (nSPS) is 25.5. The van der Waals surface area contributed by atoms with Crippen molar-refractivity contribution in [3.8, 4) is 17.2 Å². The molecule has 2 aromatic rings. The highest BCUT2D eigenvalue weighted by Crippen LogP contribution is 2.49. The van der Waals surface area contributed by atoms with Gasteiger partial charge in [-0.05, 0) is 37.1 Å². The first-order valence-corrected chi connectivity index (χ1v) is 10.6. The predicted molar refractivity (Wildman–Crippen MR) is 113 cm³/mol. The zero-order chi connectivity index (χ0) is 21.3. The molecule has 4 N–H and O–H groups in total. The van der Waals surface area contributed by atoms with Crippen LogP contribution in [0.3, 0.4) is 0 Å². The van der Waals surface area contributed by atoms with E-state index in [1.54, 1.807) is 18.2 Å². The van der Waals surface area contributed by atoms with Gasteiger partial charge in [-0.3, -0.25) is 4.79 Å². The van der Waals surface area contributed by atoms with Gasteiger partial charge >= 0.3 is 0 Å². The summed E-state index contributed by atoms with van der Waals surface area (Å²) in [5, 5.41) is 20.6. The van der Waals surface area contributed by atoms with E-state index in [1.807, 2.05) is 36.1 Å². The number of aromatic hydroxyl groups is 2. The van der Waals surface area contributed by atoms with Gasteiger partial charge in [0.25, 0.3) is 0 Å². The van der Waals surface area contributed by atoms with Crippen molar-refractivity contribution in [2.75, 3.05) is 13.2 Å². The van der Waals surface area contributed by atoms with Gasteiger partial charge in [0.1, 0.15) is 11.8 Å². The number of phenolic OH excluding ortho intramolecular Hbond substituents is 2. The monoisotopic (exact) mass is 411 g/mol. The van der Waals surface area contributed by atoms with Crippen LogP contribution in [-0.2, 0) is 4.79 Å². The number of carbonyl (C=O) groups is 1. The summed E-state index contributed by atoms with van der Waals surface area (Å²) < 4.78 is 5.60. The van der Waals surface area contributed by atoms with Crippen LogP contribution >= 0.6 is 0 Å². The lowest BCUT2D eigenvalue weighted by molar-refractivity contribution is -0.130. The van der Waals surface area contributed by atoms with E-state index in [1.165, 1.54) is 0 Å². The Hall–Kier alpha value is -2.77. The van der Waals surface area contributed by atoms with Gasteiger partial charge in [-0.15, -0.1) is 0 Å². The van der Waals surface area contributed by atoms with Crippen LogP contribution in [0.1, 0.15) is 49.9 Å². The third-order valence-corrected chi connectivity index (χ3v) is 6.06. The SMILES string of the molecule is CCCCN1C(=O)C2NNC(c3ccccc3O)C2C1c1ccc(O)c(OCC)c1. The molecule has 2 aliphatic heterocycles. The largest absolute Gasteiger partial charge is 0.508 e. The van der Waals surface area contributed by atoms with Crippen molar-refractivity contribution >= 4 is 5.91 Å². The number of benzene rings is 2. The highest BCUT2D eigenvalue weighted by molar-refractivity contribution is 5.86. The third kappa shape index (κ3) is 3.48. The predicted octanol–water partition coefficient (Wildman–Crippen LogP) is 3.01. The fraction of sp³-hybridized carbons (Fsp3) is 0.435. The van der Waals surface area contributed by atoms with Crippen LogP contribution in [0.5, 0.6) is 17.2 Å². The summed E-state index contributed by atoms with van der Waals surface area (Å²) in [7, 11) is 0. The number of unbranched alkanes of at least 4 members (excludes halogenated alkanes) is 1. The molecule has 160 valence electrons. The van der Waals surface area contributed by atoms with Crippen LogP contribution in [-0.4, -0.2) is 40.2 Å². The minimum atomic E-state index is -0.388. The van der Waals surface area contributed by atoms with Gasteiger partial charge in [0, 0.05) is 18.0 Å². The molecule has 0 radical (unpaired) electrons. The van der Waals surface area contributed by atoms with Gasteiger partial charge in [-0.1, -0.05) is 37.6 Å². The van der Waals surface area contributed by atoms with Crippen LogP contribution < -0.4 is 15.6 Å². The molecule has 30 heavy (non-hydrogen) atoms. The van der Waals surface area contributed by atoms with Crippen LogP contribution in [0.2, 0.25) is 0 Å². The molecular weight excluding hydrogens is 382 g/mol. The summed E-state index contributed by atoms with van der Waals surface area (Å²) in [6.45, 7) is 5.07. The zero-order valence-corrected chi connectivity index (χ0v) is 17.3. The molecule has 1 amide bonds. The van der Waals surface area contributed by atoms with Gasteiger partial charge < -0.3 is 19.8 Å². The Labute approximate surface area is 176 Å². The highest BCUT2D eigenvalue weighted by atomic mass is 16.5. The number of phenols is 2. The van der Waals surface area contributed by atoms with Crippen molar-refractivity contribution in [1.29, 1.82) is 0 Å². The fourth-order valence-electron chi connectivity index (χ4n) is 4.68. The first-order chi connectivity index (χ1) is 14.6. The first-order valence-electron chi connectivity index (χ1n) is 10.6. The van der Waals surface area contributed by atoms with Crippen LogP contribution in [0.4, 0.5) is 0 Å². The van der Waals surface area contributed by atoms with Crippen molar-refractivity contribution in [2.45, 2.75) is 44.8 Å². The number of rotatable bonds is 7. The number of nitrogens with zero attached hydrogens (tertiary/aromatic N) is 1. The number of carbonyl (C=O) groups excluding carboxylic acids is 1. The second-order valence-corrected chi connectivity index (χ2v) is 7.87. The van der Waals surface area contributed by atoms with Crippen molar-refractivity contribution in [2.24, 2.45) is 5.92 Å². The van der Waals surface area contributed by atoms with Gasteiger partial charge in [-0.25, -0.2) is 10.9 Å². The Morgan fingerprint density at radius 3 is 2.53 bits per heavy atom. The van der Waals surface area contributed by atoms with E-state index in [-0.39, 0.29) is 41.4 Å². The Morgan fingerprint density at radius 1 is 1.03 bits per heavy atom. The van der Waals surface area contributed by atoms with Gasteiger partial charge in [-0.2, -0.15) is 0 Å². The van der Waals surface area contributed by atoms with Crippen LogP contribution in [0.25, 0.3) is 0 Å². The van der Waals surface area contributed by atoms with Crippen LogP contribution in [0.15, 0.2) is 42.5 Å². The molecule has 2 heterocycles. The maximum atomic E-state index is 13.3. The van der Waals surface area contributed by atoms with Crippen LogP contribution in [0, 0.1) is 5.92 Å². The second-order valence-electron chi connectivity index (χ2n) is 7.87. The fourth-order valence-corrected chi connectivity index (χ4v) is 4.68. The summed E-state index contributed by atoms with van der Waals surface area (Å²) in [6, 6.07) is 11.7. The number of likely N-dealkylation sites (tertiary alicyclic amines) is 1. The number of nitrogens with one attached hydrogen (secondary N) is 2. The molecule has 2 aromatic carbocycles. The lowest BCUT2D eigenvalue weighted by Gasteiger charge is -2.31. The van der Waals surface area contributed by atoms with E-state index < -0.39 is 0 Å². The van der Waals surface area contributed by atoms with E-state index in [4.69, 9.17) is 4.74 Å².